The fourth-order valence-corrected chi connectivity index (χ4v) is 2.59. The molecule has 2 aromatic rings. The molecule has 0 aliphatic rings. The van der Waals surface area contributed by atoms with Crippen LogP contribution in [0, 0.1) is 16.3 Å². The molecular formula is C16H15FINO4. The lowest BCUT2D eigenvalue weighted by Gasteiger charge is -2.18. The van der Waals surface area contributed by atoms with Crippen LogP contribution in [0.4, 0.5) is 14.9 Å². The zero-order chi connectivity index (χ0) is 17.0. The summed E-state index contributed by atoms with van der Waals surface area (Å²) < 4.78 is 24.6. The molecule has 0 aliphatic carbocycles. The van der Waals surface area contributed by atoms with Crippen LogP contribution >= 0.6 is 22.6 Å². The molecule has 1 N–H and O–H groups in total. The van der Waals surface area contributed by atoms with E-state index in [-0.39, 0.29) is 18.0 Å². The van der Waals surface area contributed by atoms with Crippen LogP contribution in [0.5, 0.6) is 5.75 Å². The largest absolute Gasteiger partial charge is 0.486 e. The first-order valence-electron chi connectivity index (χ1n) is 6.67. The van der Waals surface area contributed by atoms with Crippen molar-refractivity contribution in [3.05, 3.63) is 56.9 Å². The minimum Gasteiger partial charge on any atom is -0.486 e. The van der Waals surface area contributed by atoms with Gasteiger partial charge in [-0.15, -0.1) is 0 Å². The Kier molecular flexibility index (Phi) is 5.78. The Hall–Kier alpha value is -1.87. The van der Waals surface area contributed by atoms with Gasteiger partial charge in [0.1, 0.15) is 6.61 Å². The molecule has 0 spiro atoms. The fourth-order valence-electron chi connectivity index (χ4n) is 1.95. The number of hydrogen-bond donors (Lipinski definition) is 1. The maximum Gasteiger partial charge on any atom is 0.438 e. The Balaban J connectivity index is 2.27. The van der Waals surface area contributed by atoms with E-state index in [9.17, 15) is 14.4 Å². The highest BCUT2D eigenvalue weighted by Crippen LogP contribution is 2.27. The molecule has 0 saturated heterocycles. The number of amides is 1. The molecule has 23 heavy (non-hydrogen) atoms. The summed E-state index contributed by atoms with van der Waals surface area (Å²) in [5.41, 5.74) is 1.55. The zero-order valence-electron chi connectivity index (χ0n) is 12.5. The SMILES string of the molecule is COC(=O)N(O)c1cccc(I)c1COc1ccc(C)cc1F. The summed E-state index contributed by atoms with van der Waals surface area (Å²) in [7, 11) is 1.16. The number of halogens is 2. The van der Waals surface area contributed by atoms with Crippen molar-refractivity contribution in [2.75, 3.05) is 12.2 Å². The van der Waals surface area contributed by atoms with Gasteiger partial charge in [0.05, 0.1) is 12.8 Å². The van der Waals surface area contributed by atoms with Gasteiger partial charge in [0.2, 0.25) is 0 Å². The summed E-state index contributed by atoms with van der Waals surface area (Å²) in [6, 6.07) is 9.67. The van der Waals surface area contributed by atoms with E-state index in [1.165, 1.54) is 12.1 Å². The van der Waals surface area contributed by atoms with E-state index in [0.717, 1.165) is 16.2 Å². The Morgan fingerprint density at radius 1 is 1.35 bits per heavy atom. The minimum absolute atomic E-state index is 0.0114. The van der Waals surface area contributed by atoms with Crippen molar-refractivity contribution in [2.45, 2.75) is 13.5 Å². The van der Waals surface area contributed by atoms with Crippen LogP contribution < -0.4 is 9.80 Å². The number of carbonyl (C=O) groups excluding carboxylic acids is 1. The Labute approximate surface area is 146 Å². The molecule has 0 heterocycles. The number of carbonyl (C=O) groups is 1. The van der Waals surface area contributed by atoms with Crippen molar-refractivity contribution in [2.24, 2.45) is 0 Å². The van der Waals surface area contributed by atoms with Gasteiger partial charge < -0.3 is 9.47 Å². The van der Waals surface area contributed by atoms with Crippen LogP contribution in [0.15, 0.2) is 36.4 Å². The van der Waals surface area contributed by atoms with Crippen LogP contribution in [-0.4, -0.2) is 18.4 Å². The van der Waals surface area contributed by atoms with E-state index >= 15 is 0 Å². The van der Waals surface area contributed by atoms with Gasteiger partial charge in [-0.25, -0.2) is 9.18 Å². The molecule has 0 aromatic heterocycles. The summed E-state index contributed by atoms with van der Waals surface area (Å²) in [5.74, 6) is -0.366. The highest BCUT2D eigenvalue weighted by Gasteiger charge is 2.19. The van der Waals surface area contributed by atoms with E-state index in [1.54, 1.807) is 31.2 Å². The smallest absolute Gasteiger partial charge is 0.438 e. The van der Waals surface area contributed by atoms with Gasteiger partial charge in [0.15, 0.2) is 11.6 Å². The maximum atomic E-state index is 13.8. The van der Waals surface area contributed by atoms with Crippen molar-refractivity contribution in [1.29, 1.82) is 0 Å². The van der Waals surface area contributed by atoms with E-state index in [1.807, 2.05) is 22.6 Å². The van der Waals surface area contributed by atoms with E-state index in [4.69, 9.17) is 4.74 Å². The van der Waals surface area contributed by atoms with Gasteiger partial charge in [0.25, 0.3) is 0 Å². The second-order valence-electron chi connectivity index (χ2n) is 4.74. The molecule has 122 valence electrons. The fraction of sp³-hybridized carbons (Fsp3) is 0.188. The first-order valence-corrected chi connectivity index (χ1v) is 7.75. The van der Waals surface area contributed by atoms with E-state index < -0.39 is 11.9 Å². The summed E-state index contributed by atoms with van der Waals surface area (Å²) in [5, 5.41) is 10.3. The molecule has 0 saturated carbocycles. The third-order valence-corrected chi connectivity index (χ3v) is 4.14. The zero-order valence-corrected chi connectivity index (χ0v) is 14.7. The second kappa shape index (κ2) is 7.60. The van der Waals surface area contributed by atoms with Gasteiger partial charge in [-0.05, 0) is 59.3 Å². The molecule has 7 heteroatoms. The number of ether oxygens (including phenoxy) is 2. The van der Waals surface area contributed by atoms with Crippen LogP contribution in [-0.2, 0) is 11.3 Å². The van der Waals surface area contributed by atoms with Gasteiger partial charge in [-0.2, -0.15) is 5.06 Å². The van der Waals surface area contributed by atoms with E-state index in [0.29, 0.717) is 10.6 Å². The molecule has 0 fully saturated rings. The highest BCUT2D eigenvalue weighted by atomic mass is 127. The Morgan fingerprint density at radius 3 is 2.74 bits per heavy atom. The Bertz CT molecular complexity index is 723. The monoisotopic (exact) mass is 431 g/mol. The maximum absolute atomic E-state index is 13.8. The van der Waals surface area contributed by atoms with Crippen molar-refractivity contribution in [1.82, 2.24) is 0 Å². The predicted molar refractivity (Wildman–Crippen MR) is 91.3 cm³/mol. The van der Waals surface area contributed by atoms with Gasteiger partial charge in [-0.3, -0.25) is 5.21 Å². The third-order valence-electron chi connectivity index (χ3n) is 3.13. The molecule has 0 bridgehead atoms. The van der Waals surface area contributed by atoms with Gasteiger partial charge in [-0.1, -0.05) is 12.1 Å². The number of anilines is 1. The molecule has 0 atom stereocenters. The molecule has 0 unspecified atom stereocenters. The first kappa shape index (κ1) is 17.5. The van der Waals surface area contributed by atoms with Crippen molar-refractivity contribution < 1.29 is 23.9 Å². The summed E-state index contributed by atoms with van der Waals surface area (Å²) >= 11 is 2.05. The average molecular weight is 431 g/mol. The molecule has 0 radical (unpaired) electrons. The van der Waals surface area contributed by atoms with Crippen molar-refractivity contribution in [3.63, 3.8) is 0 Å². The van der Waals surface area contributed by atoms with Crippen LogP contribution in [0.2, 0.25) is 0 Å². The number of hydroxylamine groups is 1. The third kappa shape index (κ3) is 4.11. The number of rotatable bonds is 4. The molecule has 1 amide bonds. The van der Waals surface area contributed by atoms with E-state index in [2.05, 4.69) is 4.74 Å². The lowest BCUT2D eigenvalue weighted by atomic mass is 10.2. The molecule has 2 aromatic carbocycles. The highest BCUT2D eigenvalue weighted by molar-refractivity contribution is 14.1. The second-order valence-corrected chi connectivity index (χ2v) is 5.90. The molecular weight excluding hydrogens is 416 g/mol. The van der Waals surface area contributed by atoms with Gasteiger partial charge >= 0.3 is 6.09 Å². The number of methoxy groups -OCH3 is 1. The molecule has 2 rings (SSSR count). The summed E-state index contributed by atoms with van der Waals surface area (Å²) in [4.78, 5) is 11.5. The predicted octanol–water partition coefficient (Wildman–Crippen LogP) is 4.28. The topological polar surface area (TPSA) is 59.0 Å². The normalized spacial score (nSPS) is 10.3. The summed E-state index contributed by atoms with van der Waals surface area (Å²) in [6.45, 7) is 1.77. The van der Waals surface area contributed by atoms with Crippen LogP contribution in [0.25, 0.3) is 0 Å². The number of hydrogen-bond acceptors (Lipinski definition) is 4. The minimum atomic E-state index is -0.922. The summed E-state index contributed by atoms with van der Waals surface area (Å²) in [6.07, 6.45) is -0.922. The Morgan fingerprint density at radius 2 is 2.09 bits per heavy atom. The van der Waals surface area contributed by atoms with Gasteiger partial charge in [0, 0.05) is 9.13 Å². The lowest BCUT2D eigenvalue weighted by molar-refractivity contribution is 0.140. The standard InChI is InChI=1S/C16H15FINO4/c1-10-6-7-15(12(17)8-10)23-9-11-13(18)4-3-5-14(11)19(21)16(20)22-2/h3-8,21H,9H2,1-2H3. The van der Waals surface area contributed by atoms with Crippen molar-refractivity contribution >= 4 is 34.4 Å². The van der Waals surface area contributed by atoms with Crippen LogP contribution in [0.3, 0.4) is 0 Å². The molecule has 0 aliphatic heterocycles. The number of benzene rings is 2. The first-order chi connectivity index (χ1) is 10.9. The molecule has 5 nitrogen and oxygen atoms in total. The number of aryl methyl sites for hydroxylation is 1. The lowest BCUT2D eigenvalue weighted by Crippen LogP contribution is -2.28. The number of nitrogens with zero attached hydrogens (tertiary/aromatic N) is 1. The average Bonchev–Trinajstić information content (AvgIpc) is 2.53. The van der Waals surface area contributed by atoms with Crippen LogP contribution in [0.1, 0.15) is 11.1 Å². The van der Waals surface area contributed by atoms with Crippen molar-refractivity contribution in [3.8, 4) is 5.75 Å². The quantitative estimate of drug-likeness (QED) is 0.446.